The molecular formula is C10H16O2. The minimum atomic E-state index is 0.195. The van der Waals surface area contributed by atoms with Crippen LogP contribution < -0.4 is 0 Å². The van der Waals surface area contributed by atoms with Crippen LogP contribution in [0.5, 0.6) is 0 Å². The third-order valence-corrected chi connectivity index (χ3v) is 1.23. The van der Waals surface area contributed by atoms with E-state index in [1.165, 1.54) is 0 Å². The number of unbranched alkanes of at least 4 members (excludes halogenated alkanes) is 1. The van der Waals surface area contributed by atoms with E-state index in [-0.39, 0.29) is 13.2 Å². The maximum Gasteiger partial charge on any atom is 0.0431 e. The Morgan fingerprint density at radius 1 is 0.583 bits per heavy atom. The van der Waals surface area contributed by atoms with Crippen molar-refractivity contribution in [2.75, 3.05) is 13.2 Å². The van der Waals surface area contributed by atoms with E-state index in [0.717, 1.165) is 12.8 Å². The van der Waals surface area contributed by atoms with Crippen LogP contribution in [0.1, 0.15) is 12.8 Å². The lowest BCUT2D eigenvalue weighted by atomic mass is 10.3. The van der Waals surface area contributed by atoms with Crippen LogP contribution >= 0.6 is 0 Å². The number of aliphatic hydroxyl groups excluding tert-OH is 2. The Bertz CT molecular complexity index is 120. The zero-order valence-electron chi connectivity index (χ0n) is 7.19. The molecule has 0 spiro atoms. The van der Waals surface area contributed by atoms with Gasteiger partial charge in [-0.15, -0.1) is 0 Å². The summed E-state index contributed by atoms with van der Waals surface area (Å²) in [7, 11) is 0. The van der Waals surface area contributed by atoms with Gasteiger partial charge in [0.2, 0.25) is 0 Å². The first-order chi connectivity index (χ1) is 5.91. The molecule has 1 aromatic rings. The summed E-state index contributed by atoms with van der Waals surface area (Å²) in [6.07, 6.45) is 1.44. The molecule has 0 aliphatic heterocycles. The zero-order valence-corrected chi connectivity index (χ0v) is 7.19. The van der Waals surface area contributed by atoms with Crippen molar-refractivity contribution < 1.29 is 10.2 Å². The van der Waals surface area contributed by atoms with Crippen LogP contribution in [0.2, 0.25) is 0 Å². The quantitative estimate of drug-likeness (QED) is 0.670. The fraction of sp³-hybridized carbons (Fsp3) is 0.400. The van der Waals surface area contributed by atoms with E-state index >= 15 is 0 Å². The summed E-state index contributed by atoms with van der Waals surface area (Å²) in [5.41, 5.74) is 0. The summed E-state index contributed by atoms with van der Waals surface area (Å²) < 4.78 is 0. The minimum absolute atomic E-state index is 0.195. The zero-order chi connectivity index (χ0) is 9.07. The molecule has 12 heavy (non-hydrogen) atoms. The second-order valence-corrected chi connectivity index (χ2v) is 2.31. The summed E-state index contributed by atoms with van der Waals surface area (Å²) in [6.45, 7) is 0.390. The minimum Gasteiger partial charge on any atom is -0.396 e. The van der Waals surface area contributed by atoms with Crippen molar-refractivity contribution in [1.82, 2.24) is 0 Å². The molecule has 0 unspecified atom stereocenters. The second-order valence-electron chi connectivity index (χ2n) is 2.31. The number of hydrogen-bond acceptors (Lipinski definition) is 2. The van der Waals surface area contributed by atoms with Gasteiger partial charge in [-0.25, -0.2) is 0 Å². The normalized spacial score (nSPS) is 8.50. The Morgan fingerprint density at radius 3 is 1.00 bits per heavy atom. The first-order valence-electron chi connectivity index (χ1n) is 4.13. The predicted molar refractivity (Wildman–Crippen MR) is 49.8 cm³/mol. The molecule has 0 heterocycles. The third-order valence-electron chi connectivity index (χ3n) is 1.23. The average molecular weight is 168 g/mol. The van der Waals surface area contributed by atoms with Crippen molar-refractivity contribution in [3.63, 3.8) is 0 Å². The highest BCUT2D eigenvalue weighted by atomic mass is 16.3. The Balaban J connectivity index is 0.000000202. The van der Waals surface area contributed by atoms with Crippen LogP contribution in [0.3, 0.4) is 0 Å². The molecule has 0 aliphatic carbocycles. The number of benzene rings is 1. The lowest BCUT2D eigenvalue weighted by molar-refractivity contribution is 0.242. The molecule has 2 nitrogen and oxygen atoms in total. The standard InChI is InChI=1S/C6H6.C4H10O2/c1-2-4-6-5-3-1;5-3-1-2-4-6/h1-6H;5-6H,1-4H2. The molecule has 0 amide bonds. The monoisotopic (exact) mass is 168 g/mol. The lowest BCUT2D eigenvalue weighted by Crippen LogP contribution is -1.85. The molecule has 0 fully saturated rings. The van der Waals surface area contributed by atoms with Gasteiger partial charge >= 0.3 is 0 Å². The Labute approximate surface area is 73.5 Å². The molecule has 0 radical (unpaired) electrons. The predicted octanol–water partition coefficient (Wildman–Crippen LogP) is 1.44. The molecule has 0 aromatic heterocycles. The van der Waals surface area contributed by atoms with Gasteiger partial charge in [-0.1, -0.05) is 36.4 Å². The Morgan fingerprint density at radius 2 is 0.833 bits per heavy atom. The fourth-order valence-corrected chi connectivity index (χ4v) is 0.609. The summed E-state index contributed by atoms with van der Waals surface area (Å²) in [5.74, 6) is 0. The van der Waals surface area contributed by atoms with Gasteiger partial charge < -0.3 is 10.2 Å². The van der Waals surface area contributed by atoms with Gasteiger partial charge in [-0.2, -0.15) is 0 Å². The smallest absolute Gasteiger partial charge is 0.0431 e. The van der Waals surface area contributed by atoms with E-state index in [4.69, 9.17) is 10.2 Å². The van der Waals surface area contributed by atoms with E-state index in [9.17, 15) is 0 Å². The van der Waals surface area contributed by atoms with Crippen molar-refractivity contribution in [2.45, 2.75) is 12.8 Å². The molecule has 0 saturated carbocycles. The molecule has 2 heteroatoms. The van der Waals surface area contributed by atoms with Gasteiger partial charge in [0, 0.05) is 13.2 Å². The molecule has 0 bridgehead atoms. The third kappa shape index (κ3) is 9.14. The van der Waals surface area contributed by atoms with Gasteiger partial charge in [-0.3, -0.25) is 0 Å². The number of aliphatic hydroxyl groups is 2. The fourth-order valence-electron chi connectivity index (χ4n) is 0.609. The van der Waals surface area contributed by atoms with E-state index < -0.39 is 0 Å². The number of hydrogen-bond donors (Lipinski definition) is 2. The molecule has 0 aliphatic rings. The van der Waals surface area contributed by atoms with Crippen molar-refractivity contribution in [1.29, 1.82) is 0 Å². The summed E-state index contributed by atoms with van der Waals surface area (Å²) >= 11 is 0. The summed E-state index contributed by atoms with van der Waals surface area (Å²) in [5, 5.41) is 16.2. The van der Waals surface area contributed by atoms with Crippen molar-refractivity contribution in [3.8, 4) is 0 Å². The largest absolute Gasteiger partial charge is 0.396 e. The Kier molecular flexibility index (Phi) is 9.41. The molecule has 2 N–H and O–H groups in total. The first kappa shape index (κ1) is 11.1. The molecule has 1 rings (SSSR count). The van der Waals surface area contributed by atoms with Crippen molar-refractivity contribution in [3.05, 3.63) is 36.4 Å². The highest BCUT2D eigenvalue weighted by Gasteiger charge is 1.77. The van der Waals surface area contributed by atoms with E-state index in [0.29, 0.717) is 0 Å². The molecule has 68 valence electrons. The van der Waals surface area contributed by atoms with Crippen molar-refractivity contribution in [2.24, 2.45) is 0 Å². The second kappa shape index (κ2) is 10.1. The van der Waals surface area contributed by atoms with Gasteiger partial charge in [0.25, 0.3) is 0 Å². The van der Waals surface area contributed by atoms with Crippen LogP contribution in [-0.4, -0.2) is 23.4 Å². The van der Waals surface area contributed by atoms with Gasteiger partial charge in [0.15, 0.2) is 0 Å². The summed E-state index contributed by atoms with van der Waals surface area (Å²) in [6, 6.07) is 12.0. The first-order valence-corrected chi connectivity index (χ1v) is 4.13. The Hall–Kier alpha value is -0.860. The van der Waals surface area contributed by atoms with E-state index in [2.05, 4.69) is 0 Å². The van der Waals surface area contributed by atoms with Crippen LogP contribution in [0, 0.1) is 0 Å². The van der Waals surface area contributed by atoms with Crippen LogP contribution in [0.15, 0.2) is 36.4 Å². The van der Waals surface area contributed by atoms with Crippen LogP contribution in [0.4, 0.5) is 0 Å². The summed E-state index contributed by atoms with van der Waals surface area (Å²) in [4.78, 5) is 0. The van der Waals surface area contributed by atoms with Gasteiger partial charge in [-0.05, 0) is 12.8 Å². The maximum atomic E-state index is 8.09. The SMILES string of the molecule is OCCCCO.c1ccccc1. The van der Waals surface area contributed by atoms with E-state index in [1.54, 1.807) is 0 Å². The van der Waals surface area contributed by atoms with Crippen molar-refractivity contribution >= 4 is 0 Å². The highest BCUT2D eigenvalue weighted by molar-refractivity contribution is 4.99. The topological polar surface area (TPSA) is 40.5 Å². The van der Waals surface area contributed by atoms with Gasteiger partial charge in [0.05, 0.1) is 0 Å². The molecule has 0 saturated heterocycles. The molecule has 0 atom stereocenters. The maximum absolute atomic E-state index is 8.09. The molecule has 1 aromatic carbocycles. The highest BCUT2D eigenvalue weighted by Crippen LogP contribution is 1.81. The lowest BCUT2D eigenvalue weighted by Gasteiger charge is -1.85. The van der Waals surface area contributed by atoms with E-state index in [1.807, 2.05) is 36.4 Å². The van der Waals surface area contributed by atoms with Gasteiger partial charge in [0.1, 0.15) is 0 Å². The molecular weight excluding hydrogens is 152 g/mol. The number of rotatable bonds is 3. The van der Waals surface area contributed by atoms with Crippen LogP contribution in [-0.2, 0) is 0 Å². The average Bonchev–Trinajstić information content (AvgIpc) is 2.18. The van der Waals surface area contributed by atoms with Crippen LogP contribution in [0.25, 0.3) is 0 Å².